The summed E-state index contributed by atoms with van der Waals surface area (Å²) in [5.74, 6) is 0.993. The Morgan fingerprint density at radius 3 is 2.06 bits per heavy atom. The van der Waals surface area contributed by atoms with Crippen molar-refractivity contribution in [2.24, 2.45) is 17.8 Å². The lowest BCUT2D eigenvalue weighted by Crippen LogP contribution is -2.38. The lowest BCUT2D eigenvalue weighted by Gasteiger charge is -2.26. The summed E-state index contributed by atoms with van der Waals surface area (Å²) < 4.78 is 5.33. The van der Waals surface area contributed by atoms with E-state index in [4.69, 9.17) is 4.74 Å². The van der Waals surface area contributed by atoms with Crippen LogP contribution in [0.3, 0.4) is 0 Å². The molecule has 18 heavy (non-hydrogen) atoms. The minimum absolute atomic E-state index is 0.124. The number of hydrogen-bond donors (Lipinski definition) is 0. The van der Waals surface area contributed by atoms with Crippen molar-refractivity contribution >= 4 is 12.0 Å². The first-order valence-electron chi connectivity index (χ1n) is 6.40. The van der Waals surface area contributed by atoms with Crippen LogP contribution in [-0.4, -0.2) is 54.6 Å². The van der Waals surface area contributed by atoms with Crippen molar-refractivity contribution in [3.63, 3.8) is 0 Å². The molecule has 2 atom stereocenters. The molecular formula is C13H22N2O3. The molecule has 1 saturated carbocycles. The Labute approximate surface area is 108 Å². The first-order chi connectivity index (χ1) is 8.20. The first-order valence-corrected chi connectivity index (χ1v) is 6.40. The average molecular weight is 254 g/mol. The average Bonchev–Trinajstić information content (AvgIpc) is 2.68. The minimum atomic E-state index is -0.456. The number of carbonyl (C=O) groups is 2. The monoisotopic (exact) mass is 254 g/mol. The maximum atomic E-state index is 11.8. The van der Waals surface area contributed by atoms with Crippen LogP contribution in [-0.2, 0) is 9.53 Å². The van der Waals surface area contributed by atoms with Crippen molar-refractivity contribution in [2.75, 3.05) is 27.2 Å². The van der Waals surface area contributed by atoms with Crippen LogP contribution in [0.4, 0.5) is 4.79 Å². The lowest BCUT2D eigenvalue weighted by molar-refractivity contribution is -0.131. The van der Waals surface area contributed by atoms with Gasteiger partial charge >= 0.3 is 6.09 Å². The number of fused-ring (bicyclic) bond motifs is 1. The molecule has 102 valence electrons. The fraction of sp³-hybridized carbons (Fsp3) is 0.846. The predicted octanol–water partition coefficient (Wildman–Crippen LogP) is 1.19. The Morgan fingerprint density at radius 2 is 1.67 bits per heavy atom. The van der Waals surface area contributed by atoms with Gasteiger partial charge in [-0.2, -0.15) is 0 Å². The van der Waals surface area contributed by atoms with E-state index in [0.717, 1.165) is 0 Å². The highest BCUT2D eigenvalue weighted by Gasteiger charge is 2.60. The zero-order chi connectivity index (χ0) is 13.7. The highest BCUT2D eigenvalue weighted by Crippen LogP contribution is 2.52. The second-order valence-electron chi connectivity index (χ2n) is 6.47. The summed E-state index contributed by atoms with van der Waals surface area (Å²) in [5, 5.41) is 0. The molecule has 2 aliphatic rings. The van der Waals surface area contributed by atoms with E-state index < -0.39 is 5.60 Å². The minimum Gasteiger partial charge on any atom is -0.444 e. The van der Waals surface area contributed by atoms with Crippen molar-refractivity contribution < 1.29 is 14.3 Å². The number of piperidine rings is 1. The molecule has 1 aliphatic carbocycles. The van der Waals surface area contributed by atoms with Crippen molar-refractivity contribution in [1.82, 2.24) is 9.80 Å². The molecule has 2 amide bonds. The van der Waals surface area contributed by atoms with Crippen molar-refractivity contribution in [3.05, 3.63) is 0 Å². The fourth-order valence-electron chi connectivity index (χ4n) is 2.67. The van der Waals surface area contributed by atoms with Gasteiger partial charge in [-0.25, -0.2) is 4.79 Å². The van der Waals surface area contributed by atoms with E-state index in [1.807, 2.05) is 20.8 Å². The van der Waals surface area contributed by atoms with E-state index in [1.54, 1.807) is 23.9 Å². The van der Waals surface area contributed by atoms with E-state index >= 15 is 0 Å². The smallest absolute Gasteiger partial charge is 0.410 e. The van der Waals surface area contributed by atoms with Crippen molar-refractivity contribution in [3.8, 4) is 0 Å². The van der Waals surface area contributed by atoms with Gasteiger partial charge in [0.25, 0.3) is 0 Å². The first kappa shape index (κ1) is 13.2. The summed E-state index contributed by atoms with van der Waals surface area (Å²) in [6.45, 7) is 6.90. The number of nitrogens with zero attached hydrogens (tertiary/aromatic N) is 2. The molecule has 2 rings (SSSR count). The summed E-state index contributed by atoms with van der Waals surface area (Å²) in [5.41, 5.74) is -0.456. The van der Waals surface area contributed by atoms with Gasteiger partial charge in [-0.15, -0.1) is 0 Å². The molecule has 2 unspecified atom stereocenters. The van der Waals surface area contributed by atoms with Gasteiger partial charge in [0.05, 0.1) is 0 Å². The van der Waals surface area contributed by atoms with Crippen LogP contribution >= 0.6 is 0 Å². The van der Waals surface area contributed by atoms with E-state index in [-0.39, 0.29) is 17.9 Å². The van der Waals surface area contributed by atoms with Gasteiger partial charge in [0.15, 0.2) is 0 Å². The zero-order valence-electron chi connectivity index (χ0n) is 11.8. The summed E-state index contributed by atoms with van der Waals surface area (Å²) >= 11 is 0. The molecule has 5 nitrogen and oxygen atoms in total. The zero-order valence-corrected chi connectivity index (χ0v) is 11.8. The maximum absolute atomic E-state index is 11.8. The summed E-state index contributed by atoms with van der Waals surface area (Å²) in [7, 11) is 3.56. The Balaban J connectivity index is 1.84. The van der Waals surface area contributed by atoms with Crippen molar-refractivity contribution in [1.29, 1.82) is 0 Å². The van der Waals surface area contributed by atoms with Gasteiger partial charge < -0.3 is 14.5 Å². The summed E-state index contributed by atoms with van der Waals surface area (Å²) in [4.78, 5) is 27.0. The van der Waals surface area contributed by atoms with E-state index in [0.29, 0.717) is 24.9 Å². The third-order valence-electron chi connectivity index (χ3n) is 3.57. The van der Waals surface area contributed by atoms with Crippen LogP contribution < -0.4 is 0 Å². The van der Waals surface area contributed by atoms with Gasteiger partial charge in [0, 0.05) is 33.1 Å². The Hall–Kier alpha value is -1.26. The third kappa shape index (κ3) is 2.44. The second-order valence-corrected chi connectivity index (χ2v) is 6.47. The normalized spacial score (nSPS) is 29.8. The molecule has 0 radical (unpaired) electrons. The highest BCUT2D eigenvalue weighted by atomic mass is 16.6. The largest absolute Gasteiger partial charge is 0.444 e. The van der Waals surface area contributed by atoms with E-state index in [1.165, 1.54) is 0 Å². The summed E-state index contributed by atoms with van der Waals surface area (Å²) in [6, 6.07) is 0. The van der Waals surface area contributed by atoms with Crippen LogP contribution in [0.1, 0.15) is 20.8 Å². The van der Waals surface area contributed by atoms with Crippen LogP contribution in [0, 0.1) is 17.8 Å². The van der Waals surface area contributed by atoms with Crippen LogP contribution in [0.2, 0.25) is 0 Å². The van der Waals surface area contributed by atoms with Crippen LogP contribution in [0.5, 0.6) is 0 Å². The Kier molecular flexibility index (Phi) is 3.03. The van der Waals surface area contributed by atoms with E-state index in [9.17, 15) is 9.59 Å². The molecule has 0 aromatic rings. The molecule has 5 heteroatoms. The predicted molar refractivity (Wildman–Crippen MR) is 67.0 cm³/mol. The lowest BCUT2D eigenvalue weighted by atomic mass is 10.2. The molecular weight excluding hydrogens is 232 g/mol. The number of carbonyl (C=O) groups excluding carboxylic acids is 2. The van der Waals surface area contributed by atoms with Crippen LogP contribution in [0.25, 0.3) is 0 Å². The molecule has 0 aromatic carbocycles. The van der Waals surface area contributed by atoms with Gasteiger partial charge in [-0.05, 0) is 32.6 Å². The number of hydrogen-bond acceptors (Lipinski definition) is 3. The number of rotatable bonds is 1. The van der Waals surface area contributed by atoms with Crippen LogP contribution in [0.15, 0.2) is 0 Å². The fourth-order valence-corrected chi connectivity index (χ4v) is 2.67. The molecule has 0 bridgehead atoms. The topological polar surface area (TPSA) is 49.9 Å². The number of amides is 2. The van der Waals surface area contributed by atoms with Crippen molar-refractivity contribution in [2.45, 2.75) is 26.4 Å². The number of ether oxygens (including phenoxy) is 1. The molecule has 1 saturated heterocycles. The summed E-state index contributed by atoms with van der Waals surface area (Å²) in [6.07, 6.45) is -0.259. The Bertz CT molecular complexity index is 361. The van der Waals surface area contributed by atoms with Gasteiger partial charge in [-0.1, -0.05) is 0 Å². The van der Waals surface area contributed by atoms with Gasteiger partial charge in [-0.3, -0.25) is 4.79 Å². The highest BCUT2D eigenvalue weighted by molar-refractivity contribution is 5.83. The molecule has 0 N–H and O–H groups in total. The number of likely N-dealkylation sites (tertiary alicyclic amines) is 1. The Morgan fingerprint density at radius 1 is 1.17 bits per heavy atom. The molecule has 1 aliphatic heterocycles. The molecule has 2 fully saturated rings. The standard InChI is InChI=1S/C13H22N2O3/c1-13(2,3)18-12(17)15-6-8-9(7-15)10(8)11(16)14(4)5/h8-10H,6-7H2,1-5H3. The molecule has 0 spiro atoms. The van der Waals surface area contributed by atoms with E-state index in [2.05, 4.69) is 0 Å². The molecule has 0 aromatic heterocycles. The third-order valence-corrected chi connectivity index (χ3v) is 3.57. The van der Waals surface area contributed by atoms with Gasteiger partial charge in [0.2, 0.25) is 5.91 Å². The van der Waals surface area contributed by atoms with Gasteiger partial charge in [0.1, 0.15) is 5.60 Å². The SMILES string of the molecule is CN(C)C(=O)C1C2CN(C(=O)OC(C)(C)C)CC21. The second kappa shape index (κ2) is 4.14. The molecule has 1 heterocycles. The quantitative estimate of drug-likeness (QED) is 0.706. The maximum Gasteiger partial charge on any atom is 0.410 e.